The van der Waals surface area contributed by atoms with Crippen LogP contribution in [-0.4, -0.2) is 11.6 Å². The van der Waals surface area contributed by atoms with Crippen LogP contribution >= 0.6 is 0 Å². The van der Waals surface area contributed by atoms with E-state index < -0.39 is 0 Å². The average molecular weight is 151 g/mol. The van der Waals surface area contributed by atoms with Gasteiger partial charge in [0, 0.05) is 5.54 Å². The van der Waals surface area contributed by atoms with Crippen molar-refractivity contribution in [1.29, 1.82) is 0 Å². The number of rotatable bonds is 4. The van der Waals surface area contributed by atoms with Crippen molar-refractivity contribution in [3.8, 4) is 12.3 Å². The number of terminal acetylenes is 1. The molecule has 0 spiro atoms. The van der Waals surface area contributed by atoms with Gasteiger partial charge >= 0.3 is 0 Å². The van der Waals surface area contributed by atoms with Crippen molar-refractivity contribution in [2.24, 2.45) is 0 Å². The molecule has 62 valence electrons. The molecule has 1 unspecified atom stereocenters. The summed E-state index contributed by atoms with van der Waals surface area (Å²) in [6.07, 6.45) is 10.2. The highest BCUT2D eigenvalue weighted by Gasteiger charge is 2.41. The summed E-state index contributed by atoms with van der Waals surface area (Å²) in [7, 11) is 0. The van der Waals surface area contributed by atoms with E-state index >= 15 is 0 Å². The third kappa shape index (κ3) is 1.97. The van der Waals surface area contributed by atoms with E-state index in [1.165, 1.54) is 19.3 Å². The minimum atomic E-state index is 0.289. The van der Waals surface area contributed by atoms with Crippen LogP contribution in [0.1, 0.15) is 39.5 Å². The Morgan fingerprint density at radius 1 is 1.55 bits per heavy atom. The Bertz CT molecular complexity index is 162. The first-order valence-electron chi connectivity index (χ1n) is 4.50. The van der Waals surface area contributed by atoms with Crippen LogP contribution in [0.3, 0.4) is 0 Å². The molecule has 1 aliphatic carbocycles. The van der Waals surface area contributed by atoms with E-state index in [1.807, 2.05) is 0 Å². The van der Waals surface area contributed by atoms with Gasteiger partial charge in [0.1, 0.15) is 0 Å². The quantitative estimate of drug-likeness (QED) is 0.605. The molecule has 1 fully saturated rings. The van der Waals surface area contributed by atoms with Crippen molar-refractivity contribution in [3.05, 3.63) is 0 Å². The number of hydrogen-bond acceptors (Lipinski definition) is 1. The van der Waals surface area contributed by atoms with E-state index in [1.54, 1.807) is 0 Å². The standard InChI is InChI=1S/C10H17N/c1-4-9(5-2)11-10(6-3)7-8-10/h1,9,11H,5-8H2,2-3H3. The first-order chi connectivity index (χ1) is 5.26. The Labute approximate surface area is 69.6 Å². The molecule has 1 heteroatoms. The molecule has 0 bridgehead atoms. The van der Waals surface area contributed by atoms with E-state index in [0.29, 0.717) is 5.54 Å². The Morgan fingerprint density at radius 3 is 2.45 bits per heavy atom. The molecular weight excluding hydrogens is 134 g/mol. The van der Waals surface area contributed by atoms with Gasteiger partial charge in [-0.05, 0) is 25.7 Å². The predicted octanol–water partition coefficient (Wildman–Crippen LogP) is 1.93. The second-order valence-corrected chi connectivity index (χ2v) is 3.41. The van der Waals surface area contributed by atoms with Gasteiger partial charge in [-0.15, -0.1) is 6.42 Å². The third-order valence-electron chi connectivity index (χ3n) is 2.62. The molecule has 1 atom stereocenters. The lowest BCUT2D eigenvalue weighted by atomic mass is 10.1. The molecule has 0 aromatic rings. The topological polar surface area (TPSA) is 12.0 Å². The Balaban J connectivity index is 2.35. The highest BCUT2D eigenvalue weighted by atomic mass is 15.0. The van der Waals surface area contributed by atoms with Gasteiger partial charge < -0.3 is 0 Å². The highest BCUT2D eigenvalue weighted by molar-refractivity contribution is 5.08. The van der Waals surface area contributed by atoms with Gasteiger partial charge in [-0.25, -0.2) is 0 Å². The summed E-state index contributed by atoms with van der Waals surface area (Å²) in [5, 5.41) is 3.52. The van der Waals surface area contributed by atoms with Crippen molar-refractivity contribution in [3.63, 3.8) is 0 Å². The summed E-state index contributed by atoms with van der Waals surface area (Å²) in [4.78, 5) is 0. The smallest absolute Gasteiger partial charge is 0.0688 e. The van der Waals surface area contributed by atoms with Crippen LogP contribution in [0.4, 0.5) is 0 Å². The largest absolute Gasteiger partial charge is 0.298 e. The lowest BCUT2D eigenvalue weighted by Gasteiger charge is -2.19. The maximum Gasteiger partial charge on any atom is 0.0688 e. The van der Waals surface area contributed by atoms with Crippen molar-refractivity contribution in [2.45, 2.75) is 51.1 Å². The third-order valence-corrected chi connectivity index (χ3v) is 2.62. The molecule has 0 radical (unpaired) electrons. The Kier molecular flexibility index (Phi) is 2.57. The maximum atomic E-state index is 5.36. The van der Waals surface area contributed by atoms with E-state index in [4.69, 9.17) is 6.42 Å². The van der Waals surface area contributed by atoms with E-state index in [0.717, 1.165) is 6.42 Å². The van der Waals surface area contributed by atoms with Crippen molar-refractivity contribution in [2.75, 3.05) is 0 Å². The van der Waals surface area contributed by atoms with E-state index in [9.17, 15) is 0 Å². The molecule has 1 saturated carbocycles. The van der Waals surface area contributed by atoms with Crippen LogP contribution in [-0.2, 0) is 0 Å². The molecule has 0 heterocycles. The van der Waals surface area contributed by atoms with Crippen LogP contribution in [0, 0.1) is 12.3 Å². The fourth-order valence-electron chi connectivity index (χ4n) is 1.38. The Morgan fingerprint density at radius 2 is 2.18 bits per heavy atom. The zero-order valence-electron chi connectivity index (χ0n) is 7.48. The summed E-state index contributed by atoms with van der Waals surface area (Å²) < 4.78 is 0. The molecule has 1 rings (SSSR count). The summed E-state index contributed by atoms with van der Waals surface area (Å²) >= 11 is 0. The SMILES string of the molecule is C#CC(CC)NC1(CC)CC1. The lowest BCUT2D eigenvalue weighted by molar-refractivity contribution is 0.442. The van der Waals surface area contributed by atoms with E-state index in [2.05, 4.69) is 25.1 Å². The second-order valence-electron chi connectivity index (χ2n) is 3.41. The molecular formula is C10H17N. The van der Waals surface area contributed by atoms with Gasteiger partial charge in [0.25, 0.3) is 0 Å². The minimum absolute atomic E-state index is 0.289. The fourth-order valence-corrected chi connectivity index (χ4v) is 1.38. The summed E-state index contributed by atoms with van der Waals surface area (Å²) in [5.74, 6) is 2.77. The van der Waals surface area contributed by atoms with Gasteiger partial charge in [0.2, 0.25) is 0 Å². The van der Waals surface area contributed by atoms with Crippen LogP contribution < -0.4 is 5.32 Å². The summed E-state index contributed by atoms with van der Waals surface area (Å²) in [6, 6.07) is 0.289. The maximum absolute atomic E-state index is 5.36. The van der Waals surface area contributed by atoms with Crippen LogP contribution in [0.25, 0.3) is 0 Å². The average Bonchev–Trinajstić information content (AvgIpc) is 2.81. The first kappa shape index (κ1) is 8.62. The van der Waals surface area contributed by atoms with Crippen molar-refractivity contribution >= 4 is 0 Å². The predicted molar refractivity (Wildman–Crippen MR) is 48.3 cm³/mol. The molecule has 0 aromatic carbocycles. The van der Waals surface area contributed by atoms with Gasteiger partial charge in [-0.2, -0.15) is 0 Å². The number of hydrogen-bond donors (Lipinski definition) is 1. The molecule has 0 aromatic heterocycles. The Hall–Kier alpha value is -0.480. The monoisotopic (exact) mass is 151 g/mol. The molecule has 0 aliphatic heterocycles. The summed E-state index contributed by atoms with van der Waals surface area (Å²) in [5.41, 5.74) is 0.424. The lowest BCUT2D eigenvalue weighted by Crippen LogP contribution is -2.38. The van der Waals surface area contributed by atoms with Crippen molar-refractivity contribution in [1.82, 2.24) is 5.32 Å². The molecule has 1 N–H and O–H groups in total. The normalized spacial score (nSPS) is 22.3. The first-order valence-corrected chi connectivity index (χ1v) is 4.50. The molecule has 0 amide bonds. The van der Waals surface area contributed by atoms with Gasteiger partial charge in [-0.3, -0.25) is 5.32 Å². The van der Waals surface area contributed by atoms with Crippen LogP contribution in [0.5, 0.6) is 0 Å². The van der Waals surface area contributed by atoms with Crippen LogP contribution in [0.15, 0.2) is 0 Å². The number of nitrogens with one attached hydrogen (secondary N) is 1. The van der Waals surface area contributed by atoms with E-state index in [-0.39, 0.29) is 6.04 Å². The van der Waals surface area contributed by atoms with Crippen molar-refractivity contribution < 1.29 is 0 Å². The van der Waals surface area contributed by atoms with Gasteiger partial charge in [0.15, 0.2) is 0 Å². The molecule has 1 nitrogen and oxygen atoms in total. The van der Waals surface area contributed by atoms with Crippen LogP contribution in [0.2, 0.25) is 0 Å². The zero-order valence-corrected chi connectivity index (χ0v) is 7.48. The zero-order chi connectivity index (χ0) is 8.32. The fraction of sp³-hybridized carbons (Fsp3) is 0.800. The highest BCUT2D eigenvalue weighted by Crippen LogP contribution is 2.38. The molecule has 1 aliphatic rings. The summed E-state index contributed by atoms with van der Waals surface area (Å²) in [6.45, 7) is 4.35. The van der Waals surface area contributed by atoms with Gasteiger partial charge in [-0.1, -0.05) is 19.8 Å². The molecule has 0 saturated heterocycles. The minimum Gasteiger partial charge on any atom is -0.298 e. The second kappa shape index (κ2) is 3.28. The van der Waals surface area contributed by atoms with Gasteiger partial charge in [0.05, 0.1) is 6.04 Å². The molecule has 11 heavy (non-hydrogen) atoms.